The lowest BCUT2D eigenvalue weighted by atomic mass is 10.1. The Bertz CT molecular complexity index is 178. The lowest BCUT2D eigenvalue weighted by molar-refractivity contribution is -0.123. The fourth-order valence-corrected chi connectivity index (χ4v) is 1.49. The van der Waals surface area contributed by atoms with Crippen LogP contribution in [0.25, 0.3) is 0 Å². The molecule has 3 nitrogen and oxygen atoms in total. The summed E-state index contributed by atoms with van der Waals surface area (Å²) in [6, 6.07) is 0.00149. The highest BCUT2D eigenvalue weighted by atomic mass is 16.2. The van der Waals surface area contributed by atoms with Crippen molar-refractivity contribution >= 4 is 5.91 Å². The molecule has 0 saturated heterocycles. The van der Waals surface area contributed by atoms with Crippen molar-refractivity contribution in [3.05, 3.63) is 0 Å². The molecule has 0 radical (unpaired) electrons. The van der Waals surface area contributed by atoms with Crippen LogP contribution in [0.4, 0.5) is 0 Å². The Morgan fingerprint density at radius 2 is 2.23 bits per heavy atom. The van der Waals surface area contributed by atoms with E-state index in [9.17, 15) is 4.79 Å². The van der Waals surface area contributed by atoms with E-state index in [-0.39, 0.29) is 11.9 Å². The summed E-state index contributed by atoms with van der Waals surface area (Å²) < 4.78 is 0. The Labute approximate surface area is 80.1 Å². The molecule has 0 aromatic rings. The summed E-state index contributed by atoms with van der Waals surface area (Å²) in [5.41, 5.74) is 5.68. The van der Waals surface area contributed by atoms with Crippen LogP contribution < -0.4 is 11.1 Å². The summed E-state index contributed by atoms with van der Waals surface area (Å²) in [5, 5.41) is 2.96. The number of nitrogens with two attached hydrogens (primary N) is 1. The van der Waals surface area contributed by atoms with Gasteiger partial charge in [-0.05, 0) is 32.1 Å². The number of nitrogens with one attached hydrogen (secondary N) is 1. The molecule has 76 valence electrons. The summed E-state index contributed by atoms with van der Waals surface area (Å²) in [4.78, 5) is 11.4. The van der Waals surface area contributed by atoms with E-state index in [2.05, 4.69) is 12.2 Å². The molecule has 3 N–H and O–H groups in total. The summed E-state index contributed by atoms with van der Waals surface area (Å²) in [6.07, 6.45) is 4.25. The van der Waals surface area contributed by atoms with Crippen LogP contribution in [0.3, 0.4) is 0 Å². The van der Waals surface area contributed by atoms with Gasteiger partial charge in [0.05, 0.1) is 6.04 Å². The summed E-state index contributed by atoms with van der Waals surface area (Å²) in [7, 11) is 0. The van der Waals surface area contributed by atoms with Gasteiger partial charge in [0.15, 0.2) is 0 Å². The molecule has 1 rings (SSSR count). The standard InChI is InChI=1S/C10H20N2O/c1-3-4-9(11)10(13)12-7(2)8-5-6-8/h7-9H,3-6,11H2,1-2H3,(H,12,13)/t7?,9-/m0/s1. The minimum atomic E-state index is -0.314. The van der Waals surface area contributed by atoms with E-state index in [1.165, 1.54) is 12.8 Å². The number of amides is 1. The van der Waals surface area contributed by atoms with Crippen LogP contribution in [0.1, 0.15) is 39.5 Å². The summed E-state index contributed by atoms with van der Waals surface area (Å²) >= 11 is 0. The first kappa shape index (κ1) is 10.5. The predicted octanol–water partition coefficient (Wildman–Crippen LogP) is 1.03. The van der Waals surface area contributed by atoms with Crippen molar-refractivity contribution in [1.82, 2.24) is 5.32 Å². The SMILES string of the molecule is CCC[C@H](N)C(=O)NC(C)C1CC1. The van der Waals surface area contributed by atoms with Crippen LogP contribution in [-0.4, -0.2) is 18.0 Å². The second kappa shape index (κ2) is 4.61. The fourth-order valence-electron chi connectivity index (χ4n) is 1.49. The Hall–Kier alpha value is -0.570. The molecule has 1 unspecified atom stereocenters. The van der Waals surface area contributed by atoms with Gasteiger partial charge < -0.3 is 11.1 Å². The van der Waals surface area contributed by atoms with Crippen LogP contribution in [0.15, 0.2) is 0 Å². The second-order valence-corrected chi connectivity index (χ2v) is 4.03. The minimum Gasteiger partial charge on any atom is -0.352 e. The Morgan fingerprint density at radius 3 is 2.69 bits per heavy atom. The molecule has 0 aromatic heterocycles. The highest BCUT2D eigenvalue weighted by Gasteiger charge is 2.29. The number of rotatable bonds is 5. The zero-order valence-electron chi connectivity index (χ0n) is 8.55. The molecule has 0 aliphatic heterocycles. The first-order valence-electron chi connectivity index (χ1n) is 5.21. The summed E-state index contributed by atoms with van der Waals surface area (Å²) in [5.74, 6) is 0.721. The van der Waals surface area contributed by atoms with Gasteiger partial charge >= 0.3 is 0 Å². The average Bonchev–Trinajstić information content (AvgIpc) is 2.86. The van der Waals surface area contributed by atoms with Crippen LogP contribution in [-0.2, 0) is 4.79 Å². The van der Waals surface area contributed by atoms with Crippen molar-refractivity contribution in [2.24, 2.45) is 11.7 Å². The zero-order chi connectivity index (χ0) is 9.84. The van der Waals surface area contributed by atoms with Crippen molar-refractivity contribution in [2.75, 3.05) is 0 Å². The van der Waals surface area contributed by atoms with Gasteiger partial charge in [-0.1, -0.05) is 13.3 Å². The molecule has 3 heteroatoms. The van der Waals surface area contributed by atoms with Gasteiger partial charge in [0.25, 0.3) is 0 Å². The molecule has 2 atom stereocenters. The van der Waals surface area contributed by atoms with E-state index in [4.69, 9.17) is 5.73 Å². The van der Waals surface area contributed by atoms with Gasteiger partial charge in [-0.3, -0.25) is 4.79 Å². The van der Waals surface area contributed by atoms with E-state index >= 15 is 0 Å². The molecule has 1 aliphatic rings. The van der Waals surface area contributed by atoms with E-state index in [0.29, 0.717) is 12.0 Å². The zero-order valence-corrected chi connectivity index (χ0v) is 8.55. The van der Waals surface area contributed by atoms with Crippen LogP contribution in [0.2, 0.25) is 0 Å². The number of carbonyl (C=O) groups is 1. The lowest BCUT2D eigenvalue weighted by Gasteiger charge is -2.16. The normalized spacial score (nSPS) is 20.8. The minimum absolute atomic E-state index is 0.0150. The maximum Gasteiger partial charge on any atom is 0.237 e. The van der Waals surface area contributed by atoms with E-state index in [1.807, 2.05) is 6.92 Å². The van der Waals surface area contributed by atoms with Gasteiger partial charge in [0, 0.05) is 6.04 Å². The van der Waals surface area contributed by atoms with Gasteiger partial charge in [0.1, 0.15) is 0 Å². The second-order valence-electron chi connectivity index (χ2n) is 4.03. The molecular formula is C10H20N2O. The quantitative estimate of drug-likeness (QED) is 0.670. The van der Waals surface area contributed by atoms with E-state index in [0.717, 1.165) is 12.8 Å². The number of carbonyl (C=O) groups excluding carboxylic acids is 1. The van der Waals surface area contributed by atoms with E-state index in [1.54, 1.807) is 0 Å². The smallest absolute Gasteiger partial charge is 0.237 e. The van der Waals surface area contributed by atoms with Crippen molar-refractivity contribution < 1.29 is 4.79 Å². The summed E-state index contributed by atoms with van der Waals surface area (Å²) in [6.45, 7) is 4.10. The Kier molecular flexibility index (Phi) is 3.72. The van der Waals surface area contributed by atoms with Gasteiger partial charge in [-0.25, -0.2) is 0 Å². The van der Waals surface area contributed by atoms with Crippen LogP contribution in [0.5, 0.6) is 0 Å². The largest absolute Gasteiger partial charge is 0.352 e. The molecule has 1 amide bonds. The lowest BCUT2D eigenvalue weighted by Crippen LogP contribution is -2.45. The van der Waals surface area contributed by atoms with E-state index < -0.39 is 0 Å². The Balaban J connectivity index is 2.22. The molecule has 0 spiro atoms. The molecule has 1 fully saturated rings. The molecule has 0 bridgehead atoms. The molecule has 0 heterocycles. The van der Waals surface area contributed by atoms with Crippen molar-refractivity contribution in [3.8, 4) is 0 Å². The van der Waals surface area contributed by atoms with Crippen molar-refractivity contribution in [3.63, 3.8) is 0 Å². The first-order valence-corrected chi connectivity index (χ1v) is 5.21. The Morgan fingerprint density at radius 1 is 1.62 bits per heavy atom. The maximum absolute atomic E-state index is 11.4. The van der Waals surface area contributed by atoms with Crippen molar-refractivity contribution in [2.45, 2.75) is 51.6 Å². The highest BCUT2D eigenvalue weighted by molar-refractivity contribution is 5.81. The predicted molar refractivity (Wildman–Crippen MR) is 53.2 cm³/mol. The molecule has 13 heavy (non-hydrogen) atoms. The molecule has 1 aliphatic carbocycles. The topological polar surface area (TPSA) is 55.1 Å². The first-order chi connectivity index (χ1) is 6.15. The van der Waals surface area contributed by atoms with Gasteiger partial charge in [-0.2, -0.15) is 0 Å². The number of hydrogen-bond donors (Lipinski definition) is 2. The fraction of sp³-hybridized carbons (Fsp3) is 0.900. The monoisotopic (exact) mass is 184 g/mol. The maximum atomic E-state index is 11.4. The van der Waals surface area contributed by atoms with Gasteiger partial charge in [0.2, 0.25) is 5.91 Å². The molecular weight excluding hydrogens is 164 g/mol. The third kappa shape index (κ3) is 3.35. The van der Waals surface area contributed by atoms with Crippen LogP contribution in [0, 0.1) is 5.92 Å². The number of hydrogen-bond acceptors (Lipinski definition) is 2. The van der Waals surface area contributed by atoms with Crippen LogP contribution >= 0.6 is 0 Å². The average molecular weight is 184 g/mol. The molecule has 0 aromatic carbocycles. The highest BCUT2D eigenvalue weighted by Crippen LogP contribution is 2.32. The third-order valence-electron chi connectivity index (χ3n) is 2.64. The van der Waals surface area contributed by atoms with Gasteiger partial charge in [-0.15, -0.1) is 0 Å². The van der Waals surface area contributed by atoms with Crippen molar-refractivity contribution in [1.29, 1.82) is 0 Å². The molecule has 1 saturated carbocycles. The third-order valence-corrected chi connectivity index (χ3v) is 2.64.